The first-order valence-corrected chi connectivity index (χ1v) is 10.7. The van der Waals surface area contributed by atoms with Crippen molar-refractivity contribution in [2.75, 3.05) is 38.6 Å². The molecule has 4 rings (SSSR count). The van der Waals surface area contributed by atoms with Crippen molar-refractivity contribution in [3.8, 4) is 10.4 Å². The number of halogens is 1. The predicted molar refractivity (Wildman–Crippen MR) is 116 cm³/mol. The number of likely N-dealkylation sites (tertiary alicyclic amines) is 1. The van der Waals surface area contributed by atoms with Crippen LogP contribution >= 0.6 is 11.3 Å². The number of anilines is 1. The molecule has 1 saturated heterocycles. The average Bonchev–Trinajstić information content (AvgIpc) is 3.20. The Balaban J connectivity index is 1.48. The van der Waals surface area contributed by atoms with Gasteiger partial charge in [0.1, 0.15) is 6.17 Å². The molecule has 5 nitrogen and oxygen atoms in total. The fraction of sp³-hybridized carbons (Fsp3) is 0.409. The van der Waals surface area contributed by atoms with Crippen molar-refractivity contribution >= 4 is 33.0 Å². The van der Waals surface area contributed by atoms with Crippen molar-refractivity contribution in [1.82, 2.24) is 14.9 Å². The van der Waals surface area contributed by atoms with Gasteiger partial charge in [-0.05, 0) is 35.9 Å². The van der Waals surface area contributed by atoms with Gasteiger partial charge in [0.15, 0.2) is 10.9 Å². The van der Waals surface area contributed by atoms with Gasteiger partial charge in [0.2, 0.25) is 0 Å². The highest BCUT2D eigenvalue weighted by atomic mass is 32.1. The summed E-state index contributed by atoms with van der Waals surface area (Å²) in [5, 5.41) is 3.09. The van der Waals surface area contributed by atoms with Crippen LogP contribution in [0, 0.1) is 0 Å². The molecular formula is C22H25FN4OS. The molecule has 0 N–H and O–H groups in total. The third-order valence-electron chi connectivity index (χ3n) is 5.23. The molecule has 0 atom stereocenters. The molecule has 29 heavy (non-hydrogen) atoms. The molecular weight excluding hydrogens is 387 g/mol. The number of Topliss-reactive ketones (excluding diaryl/α,β-unsaturated/α-hetero) is 1. The fourth-order valence-corrected chi connectivity index (χ4v) is 4.44. The number of pyridine rings is 1. The van der Waals surface area contributed by atoms with Crippen LogP contribution in [-0.4, -0.2) is 60.6 Å². The molecule has 1 aliphatic heterocycles. The van der Waals surface area contributed by atoms with Gasteiger partial charge in [-0.25, -0.2) is 9.37 Å². The van der Waals surface area contributed by atoms with Gasteiger partial charge in [0.25, 0.3) is 0 Å². The van der Waals surface area contributed by atoms with E-state index in [4.69, 9.17) is 0 Å². The van der Waals surface area contributed by atoms with E-state index in [-0.39, 0.29) is 5.78 Å². The van der Waals surface area contributed by atoms with E-state index >= 15 is 0 Å². The van der Waals surface area contributed by atoms with Gasteiger partial charge in [-0.2, -0.15) is 0 Å². The Labute approximate surface area is 174 Å². The van der Waals surface area contributed by atoms with Crippen LogP contribution in [0.2, 0.25) is 0 Å². The topological polar surface area (TPSA) is 49.3 Å². The van der Waals surface area contributed by atoms with Gasteiger partial charge >= 0.3 is 0 Å². The Morgan fingerprint density at radius 3 is 2.69 bits per heavy atom. The number of carbonyl (C=O) groups excluding carboxylic acids is 1. The molecule has 2 aromatic heterocycles. The van der Waals surface area contributed by atoms with E-state index in [1.165, 1.54) is 0 Å². The molecule has 7 heteroatoms. The molecule has 1 aromatic carbocycles. The zero-order valence-corrected chi connectivity index (χ0v) is 17.6. The number of fused-ring (bicyclic) bond motifs is 1. The molecule has 0 unspecified atom stereocenters. The van der Waals surface area contributed by atoms with E-state index in [1.807, 2.05) is 42.4 Å². The first-order chi connectivity index (χ1) is 14.0. The summed E-state index contributed by atoms with van der Waals surface area (Å²) >= 11 is 1.65. The van der Waals surface area contributed by atoms with Crippen LogP contribution in [0.15, 0.2) is 36.7 Å². The number of piperidine rings is 1. The first kappa shape index (κ1) is 19.9. The SMILES string of the molecule is CN(C)c1ncc(-c2ccc3cnc(CC(=O)CN4CCC(F)CC4)cc3c2)s1. The Bertz CT molecular complexity index is 1010. The number of ketones is 1. The van der Waals surface area contributed by atoms with Crippen LogP contribution in [0.4, 0.5) is 9.52 Å². The van der Waals surface area contributed by atoms with Crippen LogP contribution in [0.1, 0.15) is 18.5 Å². The summed E-state index contributed by atoms with van der Waals surface area (Å²) in [6.45, 7) is 1.69. The van der Waals surface area contributed by atoms with E-state index in [2.05, 4.69) is 28.2 Å². The standard InChI is InChI=1S/C22H25FN4OS/c1-26(2)22-25-13-21(29-22)15-3-4-16-12-24-19(10-17(16)9-15)11-20(28)14-27-7-5-18(23)6-8-27/h3-4,9-10,12-13,18H,5-8,11,14H2,1-2H3. The molecule has 0 bridgehead atoms. The maximum absolute atomic E-state index is 13.3. The number of hydrogen-bond donors (Lipinski definition) is 0. The smallest absolute Gasteiger partial charge is 0.185 e. The van der Waals surface area contributed by atoms with E-state index in [1.54, 1.807) is 11.3 Å². The molecule has 1 fully saturated rings. The summed E-state index contributed by atoms with van der Waals surface area (Å²) in [4.78, 5) is 26.5. The summed E-state index contributed by atoms with van der Waals surface area (Å²) in [7, 11) is 3.97. The lowest BCUT2D eigenvalue weighted by Gasteiger charge is -2.27. The van der Waals surface area contributed by atoms with Crippen LogP contribution in [0.25, 0.3) is 21.2 Å². The number of rotatable bonds is 6. The van der Waals surface area contributed by atoms with E-state index < -0.39 is 6.17 Å². The number of carbonyl (C=O) groups is 1. The molecule has 3 aromatic rings. The predicted octanol–water partition coefficient (Wildman–Crippen LogP) is 3.97. The molecule has 1 aliphatic rings. The van der Waals surface area contributed by atoms with Gasteiger partial charge in [-0.1, -0.05) is 23.5 Å². The lowest BCUT2D eigenvalue weighted by molar-refractivity contribution is -0.120. The zero-order chi connectivity index (χ0) is 20.4. The van der Waals surface area contributed by atoms with Crippen LogP contribution in [-0.2, 0) is 11.2 Å². The number of alkyl halides is 1. The number of nitrogens with zero attached hydrogens (tertiary/aromatic N) is 4. The van der Waals surface area contributed by atoms with E-state index in [0.717, 1.165) is 32.0 Å². The van der Waals surface area contributed by atoms with Crippen molar-refractivity contribution < 1.29 is 9.18 Å². The molecule has 0 saturated carbocycles. The zero-order valence-electron chi connectivity index (χ0n) is 16.8. The minimum absolute atomic E-state index is 0.128. The number of thiazole rings is 1. The monoisotopic (exact) mass is 412 g/mol. The highest BCUT2D eigenvalue weighted by Crippen LogP contribution is 2.32. The highest BCUT2D eigenvalue weighted by Gasteiger charge is 2.20. The second kappa shape index (κ2) is 8.55. The summed E-state index contributed by atoms with van der Waals surface area (Å²) in [5.41, 5.74) is 1.89. The minimum Gasteiger partial charge on any atom is -0.354 e. The Kier molecular flexibility index (Phi) is 5.87. The average molecular weight is 413 g/mol. The van der Waals surface area contributed by atoms with E-state index in [9.17, 15) is 9.18 Å². The Morgan fingerprint density at radius 1 is 1.17 bits per heavy atom. The van der Waals surface area contributed by atoms with Crippen molar-refractivity contribution in [2.24, 2.45) is 0 Å². The summed E-state index contributed by atoms with van der Waals surface area (Å²) in [5.74, 6) is 0.128. The normalized spacial score (nSPS) is 15.7. The quantitative estimate of drug-likeness (QED) is 0.613. The Morgan fingerprint density at radius 2 is 1.97 bits per heavy atom. The number of benzene rings is 1. The highest BCUT2D eigenvalue weighted by molar-refractivity contribution is 7.18. The van der Waals surface area contributed by atoms with E-state index in [0.29, 0.717) is 38.9 Å². The van der Waals surface area contributed by atoms with Crippen molar-refractivity contribution in [1.29, 1.82) is 0 Å². The minimum atomic E-state index is -0.718. The van der Waals surface area contributed by atoms with Crippen molar-refractivity contribution in [3.05, 3.63) is 42.4 Å². The lowest BCUT2D eigenvalue weighted by Crippen LogP contribution is -2.38. The fourth-order valence-electron chi connectivity index (χ4n) is 3.61. The van der Waals surface area contributed by atoms with Gasteiger partial charge in [-0.3, -0.25) is 14.7 Å². The number of hydrogen-bond acceptors (Lipinski definition) is 6. The molecule has 0 spiro atoms. The molecule has 0 amide bonds. The van der Waals surface area contributed by atoms with Gasteiger partial charge in [0.05, 0.1) is 17.8 Å². The maximum atomic E-state index is 13.3. The third-order valence-corrected chi connectivity index (χ3v) is 6.45. The van der Waals surface area contributed by atoms with Gasteiger partial charge in [0, 0.05) is 50.7 Å². The lowest BCUT2D eigenvalue weighted by atomic mass is 10.1. The maximum Gasteiger partial charge on any atom is 0.185 e. The molecule has 152 valence electrons. The molecule has 0 radical (unpaired) electrons. The van der Waals surface area contributed by atoms with Crippen LogP contribution in [0.5, 0.6) is 0 Å². The largest absolute Gasteiger partial charge is 0.354 e. The first-order valence-electron chi connectivity index (χ1n) is 9.88. The second-order valence-corrected chi connectivity index (χ2v) is 8.81. The van der Waals surface area contributed by atoms with Gasteiger partial charge in [-0.15, -0.1) is 0 Å². The third kappa shape index (κ3) is 4.79. The van der Waals surface area contributed by atoms with Crippen molar-refractivity contribution in [3.63, 3.8) is 0 Å². The van der Waals surface area contributed by atoms with Crippen molar-refractivity contribution in [2.45, 2.75) is 25.4 Å². The molecule has 3 heterocycles. The van der Waals surface area contributed by atoms with Gasteiger partial charge < -0.3 is 4.90 Å². The van der Waals surface area contributed by atoms with Crippen LogP contribution < -0.4 is 4.90 Å². The summed E-state index contributed by atoms with van der Waals surface area (Å²) in [6.07, 6.45) is 4.36. The number of aromatic nitrogens is 2. The Hall–Kier alpha value is -2.38. The molecule has 0 aliphatic carbocycles. The van der Waals surface area contributed by atoms with Crippen LogP contribution in [0.3, 0.4) is 0 Å². The second-order valence-electron chi connectivity index (χ2n) is 7.81. The summed E-state index contributed by atoms with van der Waals surface area (Å²) in [6, 6.07) is 8.26. The summed E-state index contributed by atoms with van der Waals surface area (Å²) < 4.78 is 13.3.